The van der Waals surface area contributed by atoms with Crippen molar-refractivity contribution in [1.29, 1.82) is 0 Å². The zero-order valence-electron chi connectivity index (χ0n) is 15.2. The first-order valence-corrected chi connectivity index (χ1v) is 9.34. The molecule has 0 fully saturated rings. The van der Waals surface area contributed by atoms with E-state index in [-0.39, 0.29) is 11.8 Å². The van der Waals surface area contributed by atoms with Gasteiger partial charge in [0.15, 0.2) is 5.70 Å². The van der Waals surface area contributed by atoms with Crippen molar-refractivity contribution < 1.29 is 4.79 Å². The summed E-state index contributed by atoms with van der Waals surface area (Å²) in [6, 6.07) is 7.51. The first-order valence-electron chi connectivity index (χ1n) is 8.96. The van der Waals surface area contributed by atoms with Crippen molar-refractivity contribution in [3.8, 4) is 0 Å². The van der Waals surface area contributed by atoms with Crippen LogP contribution in [0, 0.1) is 6.57 Å². The highest BCUT2D eigenvalue weighted by molar-refractivity contribution is 6.31. The molecule has 138 valence electrons. The largest absolute Gasteiger partial charge is 0.353 e. The third kappa shape index (κ3) is 3.54. The molecule has 1 N–H and O–H groups in total. The van der Waals surface area contributed by atoms with E-state index in [1.165, 1.54) is 4.68 Å². The van der Waals surface area contributed by atoms with Gasteiger partial charge in [0.05, 0.1) is 18.7 Å². The minimum atomic E-state index is -0.338. The molecule has 0 saturated heterocycles. The second kappa shape index (κ2) is 8.24. The van der Waals surface area contributed by atoms with Gasteiger partial charge in [0, 0.05) is 22.7 Å². The van der Waals surface area contributed by atoms with E-state index in [0.29, 0.717) is 35.8 Å². The Morgan fingerprint density at radius 1 is 1.44 bits per heavy atom. The van der Waals surface area contributed by atoms with Gasteiger partial charge in [-0.25, -0.2) is 4.85 Å². The highest BCUT2D eigenvalue weighted by Gasteiger charge is 2.34. The molecule has 2 aromatic rings. The standard InChI is InChI=1S/C21H21ClN4O/c1-4-6-12-18(27)26-21-15(13-24-26)19(14-10-7-8-11-16(14)22)20(23-3)17(25-21)9-5-2/h4,7-8,10-11,13,19,25H,1,5-6,9,12H2,2H3. The van der Waals surface area contributed by atoms with Gasteiger partial charge in [-0.15, -0.1) is 6.58 Å². The summed E-state index contributed by atoms with van der Waals surface area (Å²) < 4.78 is 1.40. The molecule has 0 radical (unpaired) electrons. The molecule has 1 aromatic carbocycles. The number of nitrogens with zero attached hydrogens (tertiary/aromatic N) is 3. The number of benzene rings is 1. The molecule has 1 aliphatic rings. The lowest BCUT2D eigenvalue weighted by atomic mass is 9.86. The number of halogens is 1. The number of hydrogen-bond donors (Lipinski definition) is 1. The smallest absolute Gasteiger partial charge is 0.249 e. The number of carbonyl (C=O) groups excluding carboxylic acids is 1. The highest BCUT2D eigenvalue weighted by Crippen LogP contribution is 2.45. The number of rotatable bonds is 6. The zero-order valence-corrected chi connectivity index (χ0v) is 16.0. The third-order valence-electron chi connectivity index (χ3n) is 4.60. The van der Waals surface area contributed by atoms with Crippen molar-refractivity contribution in [3.63, 3.8) is 0 Å². The van der Waals surface area contributed by atoms with Crippen LogP contribution >= 0.6 is 11.6 Å². The van der Waals surface area contributed by atoms with Gasteiger partial charge in [0.2, 0.25) is 5.91 Å². The predicted octanol–water partition coefficient (Wildman–Crippen LogP) is 5.63. The number of allylic oxidation sites excluding steroid dienone is 3. The van der Waals surface area contributed by atoms with E-state index < -0.39 is 0 Å². The molecule has 1 aromatic heterocycles. The van der Waals surface area contributed by atoms with Gasteiger partial charge < -0.3 is 5.32 Å². The summed E-state index contributed by atoms with van der Waals surface area (Å²) in [6.45, 7) is 13.5. The van der Waals surface area contributed by atoms with Crippen molar-refractivity contribution in [1.82, 2.24) is 9.78 Å². The van der Waals surface area contributed by atoms with Crippen LogP contribution in [0.3, 0.4) is 0 Å². The second-order valence-electron chi connectivity index (χ2n) is 6.39. The van der Waals surface area contributed by atoms with Crippen LogP contribution in [-0.2, 0) is 0 Å². The monoisotopic (exact) mass is 380 g/mol. The fourth-order valence-electron chi connectivity index (χ4n) is 3.34. The van der Waals surface area contributed by atoms with Gasteiger partial charge in [-0.05, 0) is 24.5 Å². The molecule has 6 heteroatoms. The summed E-state index contributed by atoms with van der Waals surface area (Å²) in [7, 11) is 0. The molecule has 0 spiro atoms. The summed E-state index contributed by atoms with van der Waals surface area (Å²) >= 11 is 6.46. The molecule has 1 atom stereocenters. The number of aromatic nitrogens is 2. The van der Waals surface area contributed by atoms with Crippen LogP contribution in [0.1, 0.15) is 54.4 Å². The van der Waals surface area contributed by atoms with E-state index in [9.17, 15) is 4.79 Å². The third-order valence-corrected chi connectivity index (χ3v) is 4.94. The topological polar surface area (TPSA) is 51.3 Å². The minimum Gasteiger partial charge on any atom is -0.353 e. The Morgan fingerprint density at radius 2 is 2.22 bits per heavy atom. The van der Waals surface area contributed by atoms with Gasteiger partial charge >= 0.3 is 0 Å². The number of nitrogens with one attached hydrogen (secondary N) is 1. The molecule has 27 heavy (non-hydrogen) atoms. The number of carbonyl (C=O) groups is 1. The zero-order chi connectivity index (χ0) is 19.4. The number of anilines is 1. The Kier molecular flexibility index (Phi) is 5.78. The van der Waals surface area contributed by atoms with Crippen molar-refractivity contribution in [2.75, 3.05) is 5.32 Å². The first kappa shape index (κ1) is 18.9. The van der Waals surface area contributed by atoms with Crippen LogP contribution in [-0.4, -0.2) is 15.7 Å². The normalized spacial score (nSPS) is 15.7. The molecule has 0 aliphatic carbocycles. The molecule has 0 saturated carbocycles. The Balaban J connectivity index is 2.16. The average Bonchev–Trinajstić information content (AvgIpc) is 3.09. The van der Waals surface area contributed by atoms with E-state index in [2.05, 4.69) is 28.8 Å². The van der Waals surface area contributed by atoms with E-state index in [0.717, 1.165) is 23.2 Å². The van der Waals surface area contributed by atoms with Crippen LogP contribution in [0.25, 0.3) is 4.85 Å². The van der Waals surface area contributed by atoms with Gasteiger partial charge in [-0.3, -0.25) is 4.79 Å². The lowest BCUT2D eigenvalue weighted by molar-refractivity contribution is 0.0891. The summed E-state index contributed by atoms with van der Waals surface area (Å²) in [6.07, 6.45) is 5.89. The van der Waals surface area contributed by atoms with E-state index in [4.69, 9.17) is 18.2 Å². The lowest BCUT2D eigenvalue weighted by Crippen LogP contribution is -2.22. The maximum absolute atomic E-state index is 12.6. The molecule has 0 bridgehead atoms. The van der Waals surface area contributed by atoms with Crippen molar-refractivity contribution in [2.45, 2.75) is 38.5 Å². The van der Waals surface area contributed by atoms with Crippen LogP contribution in [0.4, 0.5) is 5.82 Å². The lowest BCUT2D eigenvalue weighted by Gasteiger charge is -2.27. The molecule has 1 aliphatic heterocycles. The SMILES string of the molecule is [C-]#[N+]C1=C(CCC)Nc2c(cnn2C(=O)CCC=C)C1c1ccccc1Cl. The maximum Gasteiger partial charge on any atom is 0.249 e. The maximum atomic E-state index is 12.6. The van der Waals surface area contributed by atoms with Crippen LogP contribution < -0.4 is 5.32 Å². The van der Waals surface area contributed by atoms with Crippen molar-refractivity contribution >= 4 is 23.3 Å². The summed E-state index contributed by atoms with van der Waals surface area (Å²) in [4.78, 5) is 16.4. The van der Waals surface area contributed by atoms with Crippen LogP contribution in [0.15, 0.2) is 54.5 Å². The van der Waals surface area contributed by atoms with Gasteiger partial charge in [0.25, 0.3) is 0 Å². The second-order valence-corrected chi connectivity index (χ2v) is 6.79. The molecular weight excluding hydrogens is 360 g/mol. The summed E-state index contributed by atoms with van der Waals surface area (Å²) in [5.41, 5.74) is 3.07. The van der Waals surface area contributed by atoms with Crippen LogP contribution in [0.2, 0.25) is 5.02 Å². The molecule has 5 nitrogen and oxygen atoms in total. The number of hydrogen-bond acceptors (Lipinski definition) is 3. The predicted molar refractivity (Wildman–Crippen MR) is 108 cm³/mol. The van der Waals surface area contributed by atoms with Gasteiger partial charge in [-0.1, -0.05) is 49.2 Å². The van der Waals surface area contributed by atoms with Gasteiger partial charge in [-0.2, -0.15) is 9.78 Å². The van der Waals surface area contributed by atoms with Gasteiger partial charge in [0.1, 0.15) is 5.82 Å². The molecule has 3 rings (SSSR count). The molecule has 0 amide bonds. The van der Waals surface area contributed by atoms with E-state index >= 15 is 0 Å². The Bertz CT molecular complexity index is 951. The van der Waals surface area contributed by atoms with E-state index in [1.807, 2.05) is 24.3 Å². The Hall–Kier alpha value is -2.84. The fourth-order valence-corrected chi connectivity index (χ4v) is 3.59. The van der Waals surface area contributed by atoms with Crippen LogP contribution in [0.5, 0.6) is 0 Å². The highest BCUT2D eigenvalue weighted by atomic mass is 35.5. The minimum absolute atomic E-state index is 0.108. The molecule has 2 heterocycles. The van der Waals surface area contributed by atoms with Crippen molar-refractivity contribution in [2.24, 2.45) is 0 Å². The quantitative estimate of drug-likeness (QED) is 0.521. The summed E-state index contributed by atoms with van der Waals surface area (Å²) in [5, 5.41) is 8.21. The number of fused-ring (bicyclic) bond motifs is 1. The first-order chi connectivity index (χ1) is 13.1. The fraction of sp³-hybridized carbons (Fsp3) is 0.286. The molecular formula is C21H21ClN4O. The molecule has 1 unspecified atom stereocenters. The Labute approximate surface area is 164 Å². The van der Waals surface area contributed by atoms with Crippen molar-refractivity contribution in [3.05, 3.63) is 82.1 Å². The Morgan fingerprint density at radius 3 is 2.89 bits per heavy atom. The van der Waals surface area contributed by atoms with E-state index in [1.54, 1.807) is 12.3 Å². The average molecular weight is 381 g/mol. The summed E-state index contributed by atoms with van der Waals surface area (Å²) in [5.74, 6) is 0.184.